The molecule has 0 amide bonds. The van der Waals surface area contributed by atoms with Gasteiger partial charge in [0, 0.05) is 24.0 Å². The Kier molecular flexibility index (Phi) is 4.37. The highest BCUT2D eigenvalue weighted by molar-refractivity contribution is 6.35. The molecule has 0 spiro atoms. The first-order chi connectivity index (χ1) is 9.28. The van der Waals surface area contributed by atoms with E-state index in [2.05, 4.69) is 31.1 Å². The van der Waals surface area contributed by atoms with Crippen LogP contribution in [-0.2, 0) is 6.54 Å². The molecule has 0 saturated carbocycles. The van der Waals surface area contributed by atoms with Crippen molar-refractivity contribution < 1.29 is 4.39 Å². The smallest absolute Gasteiger partial charge is 0.160 e. The lowest BCUT2D eigenvalue weighted by molar-refractivity contribution is 0.419. The number of hydrogen-bond donors (Lipinski definition) is 1. The molecule has 20 heavy (non-hydrogen) atoms. The van der Waals surface area contributed by atoms with Crippen LogP contribution < -0.4 is 5.32 Å². The van der Waals surface area contributed by atoms with Gasteiger partial charge in [-0.3, -0.25) is 0 Å². The molecule has 0 aliphatic rings. The highest BCUT2D eigenvalue weighted by Crippen LogP contribution is 2.27. The molecule has 0 aliphatic heterocycles. The van der Waals surface area contributed by atoms with Crippen LogP contribution in [0.3, 0.4) is 0 Å². The first-order valence-corrected chi connectivity index (χ1v) is 6.95. The average Bonchev–Trinajstić information content (AvgIpc) is 2.80. The minimum atomic E-state index is -0.605. The zero-order chi connectivity index (χ0) is 14.9. The number of nitrogens with one attached hydrogen (secondary N) is 1. The van der Waals surface area contributed by atoms with Crippen molar-refractivity contribution in [3.8, 4) is 5.69 Å². The monoisotopic (exact) mass is 315 g/mol. The summed E-state index contributed by atoms with van der Waals surface area (Å²) in [5, 5.41) is 3.37. The maximum absolute atomic E-state index is 13.5. The number of rotatable bonds is 3. The molecule has 1 aromatic heterocycles. The summed E-state index contributed by atoms with van der Waals surface area (Å²) in [4.78, 5) is 4.12. The van der Waals surface area contributed by atoms with Crippen molar-refractivity contribution >= 4 is 23.2 Å². The average molecular weight is 316 g/mol. The summed E-state index contributed by atoms with van der Waals surface area (Å²) in [5.41, 5.74) is 1.62. The van der Waals surface area contributed by atoms with Crippen LogP contribution in [-0.4, -0.2) is 15.1 Å². The summed E-state index contributed by atoms with van der Waals surface area (Å²) in [6.45, 7) is 6.88. The Labute approximate surface area is 127 Å². The molecule has 1 aromatic carbocycles. The van der Waals surface area contributed by atoms with Gasteiger partial charge >= 0.3 is 0 Å². The molecule has 0 radical (unpaired) electrons. The van der Waals surface area contributed by atoms with E-state index < -0.39 is 5.82 Å². The van der Waals surface area contributed by atoms with Crippen LogP contribution in [0.2, 0.25) is 10.0 Å². The van der Waals surface area contributed by atoms with Crippen molar-refractivity contribution in [3.63, 3.8) is 0 Å². The van der Waals surface area contributed by atoms with E-state index in [0.717, 1.165) is 5.69 Å². The van der Waals surface area contributed by atoms with Crippen molar-refractivity contribution in [2.45, 2.75) is 32.9 Å². The molecule has 0 aliphatic carbocycles. The van der Waals surface area contributed by atoms with Crippen molar-refractivity contribution in [2.75, 3.05) is 0 Å². The first-order valence-electron chi connectivity index (χ1n) is 6.19. The second kappa shape index (κ2) is 5.72. The predicted octanol–water partition coefficient (Wildman–Crippen LogP) is 4.21. The van der Waals surface area contributed by atoms with Gasteiger partial charge in [0.25, 0.3) is 0 Å². The topological polar surface area (TPSA) is 29.9 Å². The first kappa shape index (κ1) is 15.3. The van der Waals surface area contributed by atoms with Gasteiger partial charge in [0.05, 0.1) is 22.1 Å². The quantitative estimate of drug-likeness (QED) is 0.860. The van der Waals surface area contributed by atoms with Crippen LogP contribution >= 0.6 is 23.2 Å². The van der Waals surface area contributed by atoms with E-state index in [1.165, 1.54) is 12.1 Å². The van der Waals surface area contributed by atoms with E-state index in [-0.39, 0.29) is 15.6 Å². The third-order valence-corrected chi connectivity index (χ3v) is 3.31. The Morgan fingerprint density at radius 3 is 2.40 bits per heavy atom. The molecule has 2 rings (SSSR count). The molecule has 6 heteroatoms. The second-order valence-corrected chi connectivity index (χ2v) is 6.40. The molecule has 0 saturated heterocycles. The van der Waals surface area contributed by atoms with Gasteiger partial charge in [-0.05, 0) is 32.9 Å². The fourth-order valence-electron chi connectivity index (χ4n) is 1.72. The predicted molar refractivity (Wildman–Crippen MR) is 80.1 cm³/mol. The van der Waals surface area contributed by atoms with Crippen molar-refractivity contribution in [2.24, 2.45) is 0 Å². The van der Waals surface area contributed by atoms with E-state index in [0.29, 0.717) is 12.2 Å². The molecule has 0 atom stereocenters. The Hall–Kier alpha value is -1.10. The van der Waals surface area contributed by atoms with Crippen molar-refractivity contribution in [3.05, 3.63) is 46.2 Å². The van der Waals surface area contributed by atoms with Crippen LogP contribution in [0.5, 0.6) is 0 Å². The van der Waals surface area contributed by atoms with E-state index in [1.54, 1.807) is 12.5 Å². The molecule has 108 valence electrons. The minimum Gasteiger partial charge on any atom is -0.306 e. The van der Waals surface area contributed by atoms with Gasteiger partial charge in [0.15, 0.2) is 5.82 Å². The number of aromatic nitrogens is 2. The van der Waals surface area contributed by atoms with Gasteiger partial charge in [-0.1, -0.05) is 23.2 Å². The largest absolute Gasteiger partial charge is 0.306 e. The molecule has 1 heterocycles. The molecule has 2 aromatic rings. The van der Waals surface area contributed by atoms with E-state index in [9.17, 15) is 4.39 Å². The standard InChI is InChI=1S/C14H16Cl2FN3/c1-14(2,3)19-7-10-6-18-8-20(10)9-4-11(15)13(17)12(16)5-9/h4-6,8,19H,7H2,1-3H3. The van der Waals surface area contributed by atoms with Crippen molar-refractivity contribution in [1.29, 1.82) is 0 Å². The van der Waals surface area contributed by atoms with Gasteiger partial charge in [0.2, 0.25) is 0 Å². The third-order valence-electron chi connectivity index (χ3n) is 2.76. The lowest BCUT2D eigenvalue weighted by Gasteiger charge is -2.21. The molecule has 3 nitrogen and oxygen atoms in total. The number of halogens is 3. The fourth-order valence-corrected chi connectivity index (χ4v) is 2.20. The van der Waals surface area contributed by atoms with Gasteiger partial charge in [0.1, 0.15) is 0 Å². The highest BCUT2D eigenvalue weighted by Gasteiger charge is 2.13. The Morgan fingerprint density at radius 2 is 1.85 bits per heavy atom. The number of imidazole rings is 1. The van der Waals surface area contributed by atoms with E-state index >= 15 is 0 Å². The van der Waals surface area contributed by atoms with Crippen LogP contribution in [0.15, 0.2) is 24.7 Å². The maximum Gasteiger partial charge on any atom is 0.160 e. The second-order valence-electron chi connectivity index (χ2n) is 5.58. The van der Waals surface area contributed by atoms with E-state index in [1.807, 2.05) is 4.57 Å². The van der Waals surface area contributed by atoms with Crippen LogP contribution in [0.1, 0.15) is 26.5 Å². The Morgan fingerprint density at radius 1 is 1.25 bits per heavy atom. The molecular formula is C14H16Cl2FN3. The van der Waals surface area contributed by atoms with Gasteiger partial charge in [-0.2, -0.15) is 0 Å². The minimum absolute atomic E-state index is 0.00377. The van der Waals surface area contributed by atoms with Crippen LogP contribution in [0.4, 0.5) is 4.39 Å². The summed E-state index contributed by atoms with van der Waals surface area (Å²) >= 11 is 11.7. The molecule has 1 N–H and O–H groups in total. The zero-order valence-electron chi connectivity index (χ0n) is 11.5. The number of benzene rings is 1. The summed E-state index contributed by atoms with van der Waals surface area (Å²) in [5.74, 6) is -0.605. The highest BCUT2D eigenvalue weighted by atomic mass is 35.5. The van der Waals surface area contributed by atoms with Gasteiger partial charge in [-0.15, -0.1) is 0 Å². The molecule has 0 bridgehead atoms. The Bertz CT molecular complexity index is 594. The Balaban J connectivity index is 2.33. The molecular weight excluding hydrogens is 300 g/mol. The third kappa shape index (κ3) is 3.51. The normalized spacial score (nSPS) is 11.9. The lowest BCUT2D eigenvalue weighted by Crippen LogP contribution is -2.35. The molecule has 0 unspecified atom stereocenters. The maximum atomic E-state index is 13.5. The fraction of sp³-hybridized carbons (Fsp3) is 0.357. The summed E-state index contributed by atoms with van der Waals surface area (Å²) in [6.07, 6.45) is 3.41. The summed E-state index contributed by atoms with van der Waals surface area (Å²) in [6, 6.07) is 3.07. The zero-order valence-corrected chi connectivity index (χ0v) is 13.1. The SMILES string of the molecule is CC(C)(C)NCc1cncn1-c1cc(Cl)c(F)c(Cl)c1. The van der Waals surface area contributed by atoms with Gasteiger partial charge < -0.3 is 9.88 Å². The van der Waals surface area contributed by atoms with Gasteiger partial charge in [-0.25, -0.2) is 9.37 Å². The molecule has 0 fully saturated rings. The van der Waals surface area contributed by atoms with Crippen LogP contribution in [0.25, 0.3) is 5.69 Å². The van der Waals surface area contributed by atoms with Crippen molar-refractivity contribution in [1.82, 2.24) is 14.9 Å². The number of hydrogen-bond acceptors (Lipinski definition) is 2. The van der Waals surface area contributed by atoms with Crippen LogP contribution in [0, 0.1) is 5.82 Å². The summed E-state index contributed by atoms with van der Waals surface area (Å²) < 4.78 is 15.3. The summed E-state index contributed by atoms with van der Waals surface area (Å²) in [7, 11) is 0. The number of nitrogens with zero attached hydrogens (tertiary/aromatic N) is 2. The lowest BCUT2D eigenvalue weighted by atomic mass is 10.1. The van der Waals surface area contributed by atoms with E-state index in [4.69, 9.17) is 23.2 Å².